The number of rotatable bonds is 5. The maximum atomic E-state index is 12.1. The minimum absolute atomic E-state index is 0.337. The molecule has 1 aromatic heterocycles. The zero-order valence-electron chi connectivity index (χ0n) is 14.1. The van der Waals surface area contributed by atoms with Gasteiger partial charge in [-0.25, -0.2) is 5.43 Å². The van der Waals surface area contributed by atoms with Gasteiger partial charge in [-0.3, -0.25) is 9.89 Å². The van der Waals surface area contributed by atoms with E-state index in [9.17, 15) is 4.79 Å². The van der Waals surface area contributed by atoms with Crippen molar-refractivity contribution in [1.82, 2.24) is 15.6 Å². The third kappa shape index (κ3) is 4.11. The molecule has 3 aromatic rings. The summed E-state index contributed by atoms with van der Waals surface area (Å²) in [5.41, 5.74) is 6.53. The molecule has 0 aliphatic heterocycles. The fourth-order valence-electron chi connectivity index (χ4n) is 2.28. The van der Waals surface area contributed by atoms with Crippen molar-refractivity contribution in [3.05, 3.63) is 71.9 Å². The van der Waals surface area contributed by atoms with E-state index in [1.54, 1.807) is 12.3 Å². The normalized spacial score (nSPS) is 10.8. The first-order valence-electron chi connectivity index (χ1n) is 7.85. The van der Waals surface area contributed by atoms with Crippen LogP contribution in [0.4, 0.5) is 5.69 Å². The SMILES string of the molecule is CN(C)c1ccc(/C=N/NC(=O)c2cc(-c3ccccc3)n[nH]2)cc1. The summed E-state index contributed by atoms with van der Waals surface area (Å²) in [6.45, 7) is 0. The summed E-state index contributed by atoms with van der Waals surface area (Å²) < 4.78 is 0. The Kier molecular flexibility index (Phi) is 4.89. The predicted octanol–water partition coefficient (Wildman–Crippen LogP) is 2.91. The molecule has 0 saturated heterocycles. The first-order valence-corrected chi connectivity index (χ1v) is 7.85. The smallest absolute Gasteiger partial charge is 0.289 e. The number of aromatic amines is 1. The summed E-state index contributed by atoms with van der Waals surface area (Å²) >= 11 is 0. The van der Waals surface area contributed by atoms with Gasteiger partial charge in [-0.1, -0.05) is 42.5 Å². The average Bonchev–Trinajstić information content (AvgIpc) is 3.13. The van der Waals surface area contributed by atoms with Crippen LogP contribution in [0.3, 0.4) is 0 Å². The van der Waals surface area contributed by atoms with E-state index < -0.39 is 0 Å². The molecule has 1 amide bonds. The van der Waals surface area contributed by atoms with E-state index in [1.165, 1.54) is 0 Å². The molecule has 126 valence electrons. The molecule has 1 heterocycles. The van der Waals surface area contributed by atoms with Crippen molar-refractivity contribution in [2.24, 2.45) is 5.10 Å². The van der Waals surface area contributed by atoms with Crippen LogP contribution in [0.25, 0.3) is 11.3 Å². The van der Waals surface area contributed by atoms with Crippen LogP contribution in [0.5, 0.6) is 0 Å². The van der Waals surface area contributed by atoms with Crippen LogP contribution in [-0.2, 0) is 0 Å². The molecule has 3 rings (SSSR count). The van der Waals surface area contributed by atoms with Crippen LogP contribution >= 0.6 is 0 Å². The Labute approximate surface area is 146 Å². The molecule has 0 saturated carbocycles. The van der Waals surface area contributed by atoms with Gasteiger partial charge in [0, 0.05) is 25.3 Å². The molecule has 0 radical (unpaired) electrons. The fraction of sp³-hybridized carbons (Fsp3) is 0.105. The number of carbonyl (C=O) groups excluding carboxylic acids is 1. The second-order valence-corrected chi connectivity index (χ2v) is 5.72. The molecule has 0 bridgehead atoms. The number of amides is 1. The molecular weight excluding hydrogens is 314 g/mol. The largest absolute Gasteiger partial charge is 0.378 e. The van der Waals surface area contributed by atoms with Gasteiger partial charge >= 0.3 is 0 Å². The highest BCUT2D eigenvalue weighted by molar-refractivity contribution is 5.94. The van der Waals surface area contributed by atoms with Gasteiger partial charge in [0.05, 0.1) is 11.9 Å². The van der Waals surface area contributed by atoms with Crippen LogP contribution in [0.1, 0.15) is 16.1 Å². The highest BCUT2D eigenvalue weighted by atomic mass is 16.2. The second kappa shape index (κ2) is 7.44. The Morgan fingerprint density at radius 1 is 1.12 bits per heavy atom. The highest BCUT2D eigenvalue weighted by Crippen LogP contribution is 2.16. The molecule has 0 unspecified atom stereocenters. The third-order valence-corrected chi connectivity index (χ3v) is 3.68. The van der Waals surface area contributed by atoms with Gasteiger partial charge in [0.1, 0.15) is 5.69 Å². The third-order valence-electron chi connectivity index (χ3n) is 3.68. The van der Waals surface area contributed by atoms with Crippen molar-refractivity contribution in [1.29, 1.82) is 0 Å². The lowest BCUT2D eigenvalue weighted by Gasteiger charge is -2.11. The van der Waals surface area contributed by atoms with E-state index in [1.807, 2.05) is 73.6 Å². The van der Waals surface area contributed by atoms with E-state index in [0.29, 0.717) is 11.4 Å². The lowest BCUT2D eigenvalue weighted by molar-refractivity contribution is 0.0950. The van der Waals surface area contributed by atoms with Crippen molar-refractivity contribution in [3.8, 4) is 11.3 Å². The first kappa shape index (κ1) is 16.4. The maximum Gasteiger partial charge on any atom is 0.289 e. The molecule has 0 aliphatic rings. The van der Waals surface area contributed by atoms with E-state index in [2.05, 4.69) is 20.7 Å². The number of H-pyrrole nitrogens is 1. The molecule has 2 aromatic carbocycles. The average molecular weight is 333 g/mol. The van der Waals surface area contributed by atoms with E-state index in [-0.39, 0.29) is 5.91 Å². The van der Waals surface area contributed by atoms with E-state index >= 15 is 0 Å². The van der Waals surface area contributed by atoms with Crippen LogP contribution in [0.2, 0.25) is 0 Å². The Bertz CT molecular complexity index is 866. The monoisotopic (exact) mass is 333 g/mol. The molecule has 2 N–H and O–H groups in total. The molecule has 0 spiro atoms. The summed E-state index contributed by atoms with van der Waals surface area (Å²) in [6.07, 6.45) is 1.60. The Hall–Kier alpha value is -3.41. The lowest BCUT2D eigenvalue weighted by atomic mass is 10.1. The number of carbonyl (C=O) groups is 1. The number of hydrogen-bond acceptors (Lipinski definition) is 4. The molecule has 25 heavy (non-hydrogen) atoms. The number of nitrogens with zero attached hydrogens (tertiary/aromatic N) is 3. The van der Waals surface area contributed by atoms with Crippen molar-refractivity contribution in [2.45, 2.75) is 0 Å². The highest BCUT2D eigenvalue weighted by Gasteiger charge is 2.09. The molecular formula is C19H19N5O. The van der Waals surface area contributed by atoms with Crippen molar-refractivity contribution in [3.63, 3.8) is 0 Å². The molecule has 0 atom stereocenters. The van der Waals surface area contributed by atoms with Gasteiger partial charge in [0.25, 0.3) is 5.91 Å². The number of hydrogen-bond donors (Lipinski definition) is 2. The van der Waals surface area contributed by atoms with Crippen molar-refractivity contribution < 1.29 is 4.79 Å². The Balaban J connectivity index is 1.62. The summed E-state index contributed by atoms with van der Waals surface area (Å²) in [5, 5.41) is 10.9. The fourth-order valence-corrected chi connectivity index (χ4v) is 2.28. The predicted molar refractivity (Wildman–Crippen MR) is 99.9 cm³/mol. The number of hydrazone groups is 1. The number of nitrogens with one attached hydrogen (secondary N) is 2. The Morgan fingerprint density at radius 3 is 2.52 bits per heavy atom. The maximum absolute atomic E-state index is 12.1. The van der Waals surface area contributed by atoms with Crippen LogP contribution in [-0.4, -0.2) is 36.4 Å². The van der Waals surface area contributed by atoms with Crippen LogP contribution < -0.4 is 10.3 Å². The van der Waals surface area contributed by atoms with Crippen LogP contribution in [0.15, 0.2) is 65.8 Å². The van der Waals surface area contributed by atoms with Gasteiger partial charge < -0.3 is 4.90 Å². The molecule has 0 aliphatic carbocycles. The lowest BCUT2D eigenvalue weighted by Crippen LogP contribution is -2.18. The quantitative estimate of drug-likeness (QED) is 0.557. The van der Waals surface area contributed by atoms with Crippen molar-refractivity contribution in [2.75, 3.05) is 19.0 Å². The summed E-state index contributed by atoms with van der Waals surface area (Å²) in [5.74, 6) is -0.337. The van der Waals surface area contributed by atoms with E-state index in [4.69, 9.17) is 0 Å². The van der Waals surface area contributed by atoms with E-state index in [0.717, 1.165) is 16.8 Å². The number of benzene rings is 2. The van der Waals surface area contributed by atoms with Gasteiger partial charge in [-0.15, -0.1) is 0 Å². The molecule has 0 fully saturated rings. The zero-order valence-corrected chi connectivity index (χ0v) is 14.1. The second-order valence-electron chi connectivity index (χ2n) is 5.72. The number of anilines is 1. The van der Waals surface area contributed by atoms with Crippen molar-refractivity contribution >= 4 is 17.8 Å². The summed E-state index contributed by atoms with van der Waals surface area (Å²) in [6, 6.07) is 19.2. The molecule has 6 heteroatoms. The number of aromatic nitrogens is 2. The first-order chi connectivity index (χ1) is 12.1. The van der Waals surface area contributed by atoms with Gasteiger partial charge in [0.15, 0.2) is 0 Å². The molecule has 6 nitrogen and oxygen atoms in total. The Morgan fingerprint density at radius 2 is 1.84 bits per heavy atom. The minimum atomic E-state index is -0.337. The standard InChI is InChI=1S/C19H19N5O/c1-24(2)16-10-8-14(9-11-16)13-20-23-19(25)18-12-17(21-22-18)15-6-4-3-5-7-15/h3-13H,1-2H3,(H,21,22)(H,23,25)/b20-13+. The minimum Gasteiger partial charge on any atom is -0.378 e. The summed E-state index contributed by atoms with van der Waals surface area (Å²) in [7, 11) is 3.97. The van der Waals surface area contributed by atoms with Crippen LogP contribution in [0, 0.1) is 0 Å². The van der Waals surface area contributed by atoms with Gasteiger partial charge in [0.2, 0.25) is 0 Å². The van der Waals surface area contributed by atoms with Gasteiger partial charge in [-0.05, 0) is 23.8 Å². The topological polar surface area (TPSA) is 73.4 Å². The zero-order chi connectivity index (χ0) is 17.6. The summed E-state index contributed by atoms with van der Waals surface area (Å²) in [4.78, 5) is 14.1. The van der Waals surface area contributed by atoms with Gasteiger partial charge in [-0.2, -0.15) is 10.2 Å².